The molecule has 1 atom stereocenters. The molecule has 1 aromatic rings. The van der Waals surface area contributed by atoms with Crippen molar-refractivity contribution >= 4 is 5.82 Å². The minimum atomic E-state index is -0.636. The number of anilines is 1. The number of epoxide rings is 1. The molecule has 17 heavy (non-hydrogen) atoms. The van der Waals surface area contributed by atoms with Gasteiger partial charge in [-0.05, 0) is 32.9 Å². The number of ether oxygens (including phenoxy) is 3. The molecule has 2 heterocycles. The summed E-state index contributed by atoms with van der Waals surface area (Å²) in [5, 5.41) is 0. The van der Waals surface area contributed by atoms with E-state index in [0.717, 1.165) is 0 Å². The lowest BCUT2D eigenvalue weighted by molar-refractivity contribution is -0.146. The lowest BCUT2D eigenvalue weighted by Crippen LogP contribution is -2.47. The first-order valence-corrected chi connectivity index (χ1v) is 5.67. The molecular formula is C12H18N2O3. The van der Waals surface area contributed by atoms with Crippen molar-refractivity contribution in [1.82, 2.24) is 4.98 Å². The maximum absolute atomic E-state index is 5.87. The van der Waals surface area contributed by atoms with E-state index in [1.165, 1.54) is 0 Å². The van der Waals surface area contributed by atoms with Gasteiger partial charge >= 0.3 is 0 Å². The van der Waals surface area contributed by atoms with Crippen molar-refractivity contribution in [2.75, 3.05) is 18.9 Å². The summed E-state index contributed by atoms with van der Waals surface area (Å²) in [5.41, 5.74) is 4.95. The fourth-order valence-electron chi connectivity index (χ4n) is 1.73. The summed E-state index contributed by atoms with van der Waals surface area (Å²) in [6.07, 6.45) is 1.60. The van der Waals surface area contributed by atoms with Gasteiger partial charge in [-0.25, -0.2) is 4.98 Å². The lowest BCUT2D eigenvalue weighted by atomic mass is 10.0. The van der Waals surface area contributed by atoms with Crippen molar-refractivity contribution in [2.45, 2.75) is 32.2 Å². The smallest absolute Gasteiger partial charge is 0.232 e. The van der Waals surface area contributed by atoms with Crippen molar-refractivity contribution in [2.24, 2.45) is 0 Å². The molecule has 0 spiro atoms. The third-order valence-electron chi connectivity index (χ3n) is 2.83. The van der Waals surface area contributed by atoms with Crippen LogP contribution in [0, 0.1) is 0 Å². The second kappa shape index (κ2) is 4.16. The standard InChI is InChI=1S/C12H18N2O3/c1-4-15-12(8-16-12)11(2,3)17-9-5-6-10(13)14-7-9/h5-7H,4,8H2,1-3H3,(H2,13,14). The Morgan fingerprint density at radius 3 is 2.71 bits per heavy atom. The van der Waals surface area contributed by atoms with Gasteiger partial charge in [-0.2, -0.15) is 0 Å². The number of rotatable bonds is 5. The Hall–Kier alpha value is -1.33. The fraction of sp³-hybridized carbons (Fsp3) is 0.583. The van der Waals surface area contributed by atoms with Gasteiger partial charge in [-0.3, -0.25) is 0 Å². The molecule has 0 saturated carbocycles. The van der Waals surface area contributed by atoms with Crippen molar-refractivity contribution in [3.8, 4) is 5.75 Å². The Balaban J connectivity index is 2.09. The molecule has 0 amide bonds. The highest BCUT2D eigenvalue weighted by Crippen LogP contribution is 2.42. The highest BCUT2D eigenvalue weighted by Gasteiger charge is 2.60. The van der Waals surface area contributed by atoms with E-state index in [1.54, 1.807) is 18.3 Å². The lowest BCUT2D eigenvalue weighted by Gasteiger charge is -2.32. The molecule has 0 bridgehead atoms. The van der Waals surface area contributed by atoms with E-state index >= 15 is 0 Å². The van der Waals surface area contributed by atoms with Crippen LogP contribution in [0.1, 0.15) is 20.8 Å². The van der Waals surface area contributed by atoms with E-state index in [0.29, 0.717) is 24.8 Å². The van der Waals surface area contributed by atoms with E-state index in [1.807, 2.05) is 20.8 Å². The Morgan fingerprint density at radius 1 is 1.53 bits per heavy atom. The van der Waals surface area contributed by atoms with Crippen molar-refractivity contribution < 1.29 is 14.2 Å². The van der Waals surface area contributed by atoms with E-state index in [9.17, 15) is 0 Å². The highest BCUT2D eigenvalue weighted by molar-refractivity contribution is 5.32. The van der Waals surface area contributed by atoms with Crippen LogP contribution in [0.3, 0.4) is 0 Å². The first-order chi connectivity index (χ1) is 7.99. The summed E-state index contributed by atoms with van der Waals surface area (Å²) >= 11 is 0. The predicted octanol–water partition coefficient (Wildman–Crippen LogP) is 1.58. The van der Waals surface area contributed by atoms with Gasteiger partial charge in [0, 0.05) is 6.61 Å². The van der Waals surface area contributed by atoms with Crippen LogP contribution in [0.5, 0.6) is 5.75 Å². The van der Waals surface area contributed by atoms with Crippen LogP contribution in [0.2, 0.25) is 0 Å². The predicted molar refractivity (Wildman–Crippen MR) is 63.7 cm³/mol. The number of hydrogen-bond donors (Lipinski definition) is 1. The van der Waals surface area contributed by atoms with Crippen LogP contribution in [-0.2, 0) is 9.47 Å². The van der Waals surface area contributed by atoms with E-state index < -0.39 is 11.4 Å². The first-order valence-electron chi connectivity index (χ1n) is 5.67. The Morgan fingerprint density at radius 2 is 2.24 bits per heavy atom. The third-order valence-corrected chi connectivity index (χ3v) is 2.83. The van der Waals surface area contributed by atoms with E-state index in [2.05, 4.69) is 4.98 Å². The molecule has 2 rings (SSSR count). The maximum atomic E-state index is 5.87. The average Bonchev–Trinajstić information content (AvgIpc) is 3.03. The van der Waals surface area contributed by atoms with Crippen LogP contribution in [0.15, 0.2) is 18.3 Å². The molecule has 0 aliphatic carbocycles. The number of pyridine rings is 1. The van der Waals surface area contributed by atoms with Gasteiger partial charge in [0.25, 0.3) is 0 Å². The summed E-state index contributed by atoms with van der Waals surface area (Å²) in [4.78, 5) is 3.98. The molecule has 5 heteroatoms. The molecule has 94 valence electrons. The quantitative estimate of drug-likeness (QED) is 0.789. The summed E-state index contributed by atoms with van der Waals surface area (Å²) in [7, 11) is 0. The van der Waals surface area contributed by atoms with Gasteiger partial charge in [0.15, 0.2) is 5.60 Å². The first kappa shape index (κ1) is 12.1. The molecule has 1 aliphatic heterocycles. The number of nitrogen functional groups attached to an aromatic ring is 1. The fourth-order valence-corrected chi connectivity index (χ4v) is 1.73. The molecule has 1 aromatic heterocycles. The summed E-state index contributed by atoms with van der Waals surface area (Å²) < 4.78 is 16.9. The monoisotopic (exact) mass is 238 g/mol. The van der Waals surface area contributed by atoms with Crippen LogP contribution in [0.25, 0.3) is 0 Å². The van der Waals surface area contributed by atoms with Crippen LogP contribution < -0.4 is 10.5 Å². The summed E-state index contributed by atoms with van der Waals surface area (Å²) in [5.74, 6) is 0.486. The van der Waals surface area contributed by atoms with Gasteiger partial charge in [-0.1, -0.05) is 0 Å². The Bertz CT molecular complexity index is 385. The zero-order valence-electron chi connectivity index (χ0n) is 10.4. The number of hydrogen-bond acceptors (Lipinski definition) is 5. The zero-order valence-corrected chi connectivity index (χ0v) is 10.4. The van der Waals surface area contributed by atoms with Gasteiger partial charge in [0.05, 0.1) is 6.20 Å². The topological polar surface area (TPSA) is 69.9 Å². The van der Waals surface area contributed by atoms with E-state index in [-0.39, 0.29) is 0 Å². The maximum Gasteiger partial charge on any atom is 0.232 e. The molecule has 1 saturated heterocycles. The Kier molecular flexibility index (Phi) is 2.97. The molecule has 2 N–H and O–H groups in total. The second-order valence-electron chi connectivity index (χ2n) is 4.51. The normalized spacial score (nSPS) is 23.5. The van der Waals surface area contributed by atoms with Crippen LogP contribution >= 0.6 is 0 Å². The highest BCUT2D eigenvalue weighted by atomic mass is 16.8. The largest absolute Gasteiger partial charge is 0.481 e. The van der Waals surface area contributed by atoms with Gasteiger partial charge < -0.3 is 19.9 Å². The molecule has 1 aliphatic rings. The molecule has 0 aromatic carbocycles. The summed E-state index contributed by atoms with van der Waals surface area (Å²) in [6, 6.07) is 3.48. The van der Waals surface area contributed by atoms with Gasteiger partial charge in [0.1, 0.15) is 18.2 Å². The van der Waals surface area contributed by atoms with E-state index in [4.69, 9.17) is 19.9 Å². The molecule has 1 unspecified atom stereocenters. The van der Waals surface area contributed by atoms with Crippen LogP contribution in [-0.4, -0.2) is 29.6 Å². The Labute approximate surface area is 101 Å². The van der Waals surface area contributed by atoms with Crippen molar-refractivity contribution in [1.29, 1.82) is 0 Å². The molecule has 0 radical (unpaired) electrons. The average molecular weight is 238 g/mol. The number of aromatic nitrogens is 1. The summed E-state index contributed by atoms with van der Waals surface area (Å²) in [6.45, 7) is 6.95. The molecule has 5 nitrogen and oxygen atoms in total. The van der Waals surface area contributed by atoms with Crippen molar-refractivity contribution in [3.05, 3.63) is 18.3 Å². The SMILES string of the molecule is CCOC1(C(C)(C)Oc2ccc(N)nc2)CO1. The van der Waals surface area contributed by atoms with Crippen LogP contribution in [0.4, 0.5) is 5.82 Å². The second-order valence-corrected chi connectivity index (χ2v) is 4.51. The van der Waals surface area contributed by atoms with Crippen molar-refractivity contribution in [3.63, 3.8) is 0 Å². The minimum absolute atomic E-state index is 0.470. The number of nitrogens with two attached hydrogens (primary N) is 1. The minimum Gasteiger partial charge on any atom is -0.481 e. The van der Waals surface area contributed by atoms with Gasteiger partial charge in [0.2, 0.25) is 5.79 Å². The molecule has 1 fully saturated rings. The van der Waals surface area contributed by atoms with Gasteiger partial charge in [-0.15, -0.1) is 0 Å². The third kappa shape index (κ3) is 2.35. The number of nitrogens with zero attached hydrogens (tertiary/aromatic N) is 1. The molecular weight excluding hydrogens is 220 g/mol. The zero-order chi connectivity index (χ0) is 12.5.